The molecule has 1 atom stereocenters. The summed E-state index contributed by atoms with van der Waals surface area (Å²) in [5.74, 6) is -0.494. The fourth-order valence-electron chi connectivity index (χ4n) is 2.02. The van der Waals surface area contributed by atoms with Crippen LogP contribution in [0, 0.1) is 4.91 Å². The smallest absolute Gasteiger partial charge is 0.406 e. The summed E-state index contributed by atoms with van der Waals surface area (Å²) >= 11 is 11.9. The molecular formula is C13H11Cl2F3N4O3S. The molecule has 0 radical (unpaired) electrons. The number of nitrogens with two attached hydrogens (primary N) is 1. The van der Waals surface area contributed by atoms with E-state index >= 15 is 0 Å². The van der Waals surface area contributed by atoms with E-state index in [9.17, 15) is 22.3 Å². The molecule has 0 aliphatic heterocycles. The molecular weight excluding hydrogens is 420 g/mol. The lowest BCUT2D eigenvalue weighted by Crippen LogP contribution is -2.17. The summed E-state index contributed by atoms with van der Waals surface area (Å²) < 4.78 is 53.8. The molecule has 0 aliphatic carbocycles. The Kier molecular flexibility index (Phi) is 6.48. The van der Waals surface area contributed by atoms with Gasteiger partial charge in [0.15, 0.2) is 0 Å². The molecule has 2 rings (SSSR count). The van der Waals surface area contributed by atoms with Gasteiger partial charge in [-0.05, 0) is 24.1 Å². The number of nitroso groups, excluding NO2 is 1. The molecule has 142 valence electrons. The van der Waals surface area contributed by atoms with Crippen LogP contribution in [-0.4, -0.2) is 25.5 Å². The van der Waals surface area contributed by atoms with Gasteiger partial charge in [-0.1, -0.05) is 28.4 Å². The molecule has 0 saturated heterocycles. The first-order valence-electron chi connectivity index (χ1n) is 6.86. The number of alkyl halides is 3. The van der Waals surface area contributed by atoms with Crippen molar-refractivity contribution in [2.75, 3.05) is 11.5 Å². The van der Waals surface area contributed by atoms with Crippen molar-refractivity contribution in [2.24, 2.45) is 5.18 Å². The third-order valence-electron chi connectivity index (χ3n) is 3.05. The van der Waals surface area contributed by atoms with Crippen LogP contribution in [0.2, 0.25) is 10.0 Å². The zero-order chi connectivity index (χ0) is 19.5. The lowest BCUT2D eigenvalue weighted by molar-refractivity contribution is -0.274. The maximum atomic E-state index is 12.3. The van der Waals surface area contributed by atoms with Crippen molar-refractivity contribution in [3.05, 3.63) is 44.4 Å². The number of aromatic nitrogens is 2. The van der Waals surface area contributed by atoms with Gasteiger partial charge >= 0.3 is 6.36 Å². The number of hydrogen-bond acceptors (Lipinski definition) is 6. The number of nitrogen functional groups attached to an aromatic ring is 1. The summed E-state index contributed by atoms with van der Waals surface area (Å²) in [7, 11) is -1.71. The number of benzene rings is 1. The molecule has 1 aromatic carbocycles. The van der Waals surface area contributed by atoms with Crippen molar-refractivity contribution in [1.82, 2.24) is 9.19 Å². The Labute approximate surface area is 157 Å². The second-order valence-electron chi connectivity index (χ2n) is 4.91. The Balaban J connectivity index is 2.11. The molecule has 7 nitrogen and oxygen atoms in total. The van der Waals surface area contributed by atoms with Gasteiger partial charge in [-0.15, -0.1) is 13.2 Å². The zero-order valence-corrected chi connectivity index (χ0v) is 15.1. The van der Waals surface area contributed by atoms with Crippen molar-refractivity contribution >= 4 is 40.0 Å². The predicted molar refractivity (Wildman–Crippen MR) is 91.4 cm³/mol. The van der Waals surface area contributed by atoms with E-state index in [2.05, 4.69) is 15.0 Å². The van der Waals surface area contributed by atoms with Gasteiger partial charge in [0, 0.05) is 21.9 Å². The fourth-order valence-corrected chi connectivity index (χ4v) is 3.71. The molecule has 2 aromatic rings. The molecule has 0 fully saturated rings. The Morgan fingerprint density at radius 3 is 2.42 bits per heavy atom. The Bertz CT molecular complexity index is 822. The summed E-state index contributed by atoms with van der Waals surface area (Å²) in [6.45, 7) is -0.216. The van der Waals surface area contributed by atoms with Gasteiger partial charge in [0.25, 0.3) is 0 Å². The predicted octanol–water partition coefficient (Wildman–Crippen LogP) is 3.69. The zero-order valence-electron chi connectivity index (χ0n) is 12.8. The second-order valence-corrected chi connectivity index (χ2v) is 7.12. The topological polar surface area (TPSA) is 99.6 Å². The fraction of sp³-hybridized carbons (Fsp3) is 0.308. The monoisotopic (exact) mass is 430 g/mol. The molecule has 0 saturated carbocycles. The highest BCUT2D eigenvalue weighted by Gasteiger charge is 2.31. The SMILES string of the molecule is Nc1cc(CN=O)nn1S(=O)CCc1c(Cl)cc(OC(F)(F)F)cc1Cl. The van der Waals surface area contributed by atoms with Gasteiger partial charge in [0.05, 0.1) is 5.69 Å². The first-order chi connectivity index (χ1) is 12.1. The summed E-state index contributed by atoms with van der Waals surface area (Å²) in [6.07, 6.45) is -4.79. The van der Waals surface area contributed by atoms with E-state index in [-0.39, 0.29) is 40.3 Å². The number of anilines is 1. The Morgan fingerprint density at radius 2 is 1.88 bits per heavy atom. The number of ether oxygens (including phenoxy) is 1. The summed E-state index contributed by atoms with van der Waals surface area (Å²) in [4.78, 5) is 10.2. The van der Waals surface area contributed by atoms with Crippen LogP contribution in [0.15, 0.2) is 23.4 Å². The normalized spacial score (nSPS) is 12.8. The molecule has 0 aliphatic rings. The van der Waals surface area contributed by atoms with Crippen molar-refractivity contribution in [3.8, 4) is 5.75 Å². The Hall–Kier alpha value is -1.85. The number of nitrogens with zero attached hydrogens (tertiary/aromatic N) is 3. The molecule has 1 unspecified atom stereocenters. The average Bonchev–Trinajstić information content (AvgIpc) is 2.85. The molecule has 26 heavy (non-hydrogen) atoms. The van der Waals surface area contributed by atoms with E-state index in [1.807, 2.05) is 0 Å². The van der Waals surface area contributed by atoms with Gasteiger partial charge in [-0.25, -0.2) is 4.21 Å². The molecule has 1 heterocycles. The van der Waals surface area contributed by atoms with E-state index in [4.69, 9.17) is 28.9 Å². The summed E-state index contributed by atoms with van der Waals surface area (Å²) in [5.41, 5.74) is 6.23. The summed E-state index contributed by atoms with van der Waals surface area (Å²) in [5, 5.41) is 6.44. The summed E-state index contributed by atoms with van der Waals surface area (Å²) in [6, 6.07) is 3.30. The van der Waals surface area contributed by atoms with Crippen LogP contribution in [-0.2, 0) is 24.0 Å². The molecule has 2 N–H and O–H groups in total. The van der Waals surface area contributed by atoms with E-state index < -0.39 is 23.1 Å². The molecule has 0 bridgehead atoms. The van der Waals surface area contributed by atoms with Crippen molar-refractivity contribution < 1.29 is 22.1 Å². The maximum Gasteiger partial charge on any atom is 0.573 e. The van der Waals surface area contributed by atoms with E-state index in [0.717, 1.165) is 16.2 Å². The van der Waals surface area contributed by atoms with Crippen LogP contribution in [0.5, 0.6) is 5.75 Å². The first-order valence-corrected chi connectivity index (χ1v) is 8.90. The van der Waals surface area contributed by atoms with Crippen molar-refractivity contribution in [2.45, 2.75) is 19.3 Å². The number of halogens is 5. The van der Waals surface area contributed by atoms with E-state index in [0.29, 0.717) is 5.56 Å². The van der Waals surface area contributed by atoms with Gasteiger partial charge < -0.3 is 10.5 Å². The second kappa shape index (κ2) is 8.23. The molecule has 1 aromatic heterocycles. The highest BCUT2D eigenvalue weighted by molar-refractivity contribution is 7.83. The third-order valence-corrected chi connectivity index (χ3v) is 4.95. The van der Waals surface area contributed by atoms with Crippen LogP contribution in [0.4, 0.5) is 19.0 Å². The quantitative estimate of drug-likeness (QED) is 0.675. The standard InChI is InChI=1S/C13H11Cl2F3N4O3S/c14-10-4-8(25-13(16,17)18)5-11(15)9(10)1-2-26(24)22-12(19)3-7(21-22)6-20-23/h3-5H,1-2,6,19H2. The Morgan fingerprint density at radius 1 is 1.27 bits per heavy atom. The van der Waals surface area contributed by atoms with Gasteiger partial charge in [-0.3, -0.25) is 0 Å². The lowest BCUT2D eigenvalue weighted by Gasteiger charge is -2.12. The number of hydrogen-bond donors (Lipinski definition) is 1. The minimum Gasteiger partial charge on any atom is -0.406 e. The van der Waals surface area contributed by atoms with Gasteiger partial charge in [0.1, 0.15) is 29.1 Å². The van der Waals surface area contributed by atoms with Crippen LogP contribution >= 0.6 is 23.2 Å². The first kappa shape index (κ1) is 20.5. The lowest BCUT2D eigenvalue weighted by atomic mass is 10.1. The van der Waals surface area contributed by atoms with Crippen LogP contribution < -0.4 is 10.5 Å². The molecule has 13 heteroatoms. The highest BCUT2D eigenvalue weighted by atomic mass is 35.5. The van der Waals surface area contributed by atoms with E-state index in [1.165, 1.54) is 6.07 Å². The maximum absolute atomic E-state index is 12.3. The minimum atomic E-state index is -4.87. The van der Waals surface area contributed by atoms with Crippen LogP contribution in [0.1, 0.15) is 11.3 Å². The van der Waals surface area contributed by atoms with Crippen LogP contribution in [0.3, 0.4) is 0 Å². The minimum absolute atomic E-state index is 0.0151. The van der Waals surface area contributed by atoms with Crippen LogP contribution in [0.25, 0.3) is 0 Å². The third kappa shape index (κ3) is 5.32. The average molecular weight is 431 g/mol. The van der Waals surface area contributed by atoms with Gasteiger partial charge in [-0.2, -0.15) is 14.1 Å². The molecule has 0 amide bonds. The largest absolute Gasteiger partial charge is 0.573 e. The van der Waals surface area contributed by atoms with Crippen molar-refractivity contribution in [1.29, 1.82) is 0 Å². The van der Waals surface area contributed by atoms with Gasteiger partial charge in [0.2, 0.25) is 0 Å². The molecule has 0 spiro atoms. The number of rotatable bonds is 7. The van der Waals surface area contributed by atoms with E-state index in [1.54, 1.807) is 0 Å². The van der Waals surface area contributed by atoms with Crippen molar-refractivity contribution in [3.63, 3.8) is 0 Å². The highest BCUT2D eigenvalue weighted by Crippen LogP contribution is 2.33.